The van der Waals surface area contributed by atoms with E-state index in [1.807, 2.05) is 30.3 Å². The van der Waals surface area contributed by atoms with Gasteiger partial charge in [0, 0.05) is 22.4 Å². The van der Waals surface area contributed by atoms with Crippen LogP contribution in [-0.2, 0) is 0 Å². The van der Waals surface area contributed by atoms with Gasteiger partial charge in [0.2, 0.25) is 0 Å². The average molecular weight is 577 g/mol. The minimum atomic E-state index is 0.756. The van der Waals surface area contributed by atoms with E-state index in [-0.39, 0.29) is 0 Å². The second-order valence-electron chi connectivity index (χ2n) is 3.38. The van der Waals surface area contributed by atoms with Gasteiger partial charge >= 0.3 is 0 Å². The molecule has 0 saturated carbocycles. The summed E-state index contributed by atoms with van der Waals surface area (Å²) in [6.45, 7) is 0. The number of hydrogen-bond donors (Lipinski definition) is 0. The van der Waals surface area contributed by atoms with E-state index in [9.17, 15) is 0 Å². The van der Waals surface area contributed by atoms with Crippen LogP contribution in [0.15, 0.2) is 52.7 Å². The van der Waals surface area contributed by atoms with Gasteiger partial charge < -0.3 is 4.74 Å². The summed E-state index contributed by atoms with van der Waals surface area (Å²) < 4.78 is 10.6. The Bertz CT molecular complexity index is 574. The number of ether oxygens (including phenoxy) is 1. The standard InChI is InChI=1S/C12H5Br5O/c13-8-2-1-6(3-9(8)14)18-7-4-10(15)12(17)11(16)5-7/h1-5H/i1+1,2+1,3+1,4+1,5+1,6+1,7+1,8+1,9+1,10+1,11+1,12+1. The van der Waals surface area contributed by atoms with Crippen molar-refractivity contribution in [2.45, 2.75) is 0 Å². The van der Waals surface area contributed by atoms with Gasteiger partial charge in [0.05, 0.1) is 0 Å². The van der Waals surface area contributed by atoms with Crippen LogP contribution in [0.25, 0.3) is 0 Å². The van der Waals surface area contributed by atoms with Gasteiger partial charge in [-0.15, -0.1) is 0 Å². The molecule has 0 atom stereocenters. The molecule has 0 saturated heterocycles. The Morgan fingerprint density at radius 3 is 1.72 bits per heavy atom. The molecule has 0 unspecified atom stereocenters. The molecule has 0 aliphatic rings. The lowest BCUT2D eigenvalue weighted by Crippen LogP contribution is -1.86. The smallest absolute Gasteiger partial charge is 0.129 e. The van der Waals surface area contributed by atoms with Crippen molar-refractivity contribution in [1.82, 2.24) is 0 Å². The van der Waals surface area contributed by atoms with E-state index in [0.717, 1.165) is 33.9 Å². The number of halogens is 5. The first-order valence-corrected chi connectivity index (χ1v) is 8.71. The van der Waals surface area contributed by atoms with Crippen LogP contribution in [-0.4, -0.2) is 0 Å². The zero-order valence-corrected chi connectivity index (χ0v) is 16.6. The molecule has 0 aliphatic carbocycles. The summed E-state index contributed by atoms with van der Waals surface area (Å²) in [7, 11) is 0. The molecular formula is C12H5Br5O. The molecule has 2 aromatic carbocycles. The number of hydrogen-bond acceptors (Lipinski definition) is 1. The average Bonchev–Trinajstić information content (AvgIpc) is 2.31. The van der Waals surface area contributed by atoms with Crippen molar-refractivity contribution in [1.29, 1.82) is 0 Å². The third kappa shape index (κ3) is 3.60. The van der Waals surface area contributed by atoms with E-state index >= 15 is 0 Å². The fraction of sp³-hybridized carbons (Fsp3) is 0. The maximum Gasteiger partial charge on any atom is 0.129 e. The molecule has 94 valence electrons. The van der Waals surface area contributed by atoms with Crippen LogP contribution in [0.4, 0.5) is 0 Å². The van der Waals surface area contributed by atoms with E-state index in [2.05, 4.69) is 79.6 Å². The fourth-order valence-corrected chi connectivity index (χ4v) is 3.25. The van der Waals surface area contributed by atoms with Crippen molar-refractivity contribution in [3.8, 4) is 11.5 Å². The van der Waals surface area contributed by atoms with Gasteiger partial charge in [-0.3, -0.25) is 0 Å². The third-order valence-corrected chi connectivity index (χ3v) is 7.13. The molecule has 0 aromatic heterocycles. The summed E-state index contributed by atoms with van der Waals surface area (Å²) in [5.41, 5.74) is 0. The minimum Gasteiger partial charge on any atom is -0.457 e. The Morgan fingerprint density at radius 2 is 1.17 bits per heavy atom. The summed E-state index contributed by atoms with van der Waals surface area (Å²) in [4.78, 5) is 0. The molecule has 0 aliphatic heterocycles. The molecule has 0 amide bonds. The van der Waals surface area contributed by atoms with Gasteiger partial charge in [-0.2, -0.15) is 0 Å². The maximum atomic E-state index is 5.80. The summed E-state index contributed by atoms with van der Waals surface area (Å²) in [6.07, 6.45) is 0. The Morgan fingerprint density at radius 1 is 0.611 bits per heavy atom. The quantitative estimate of drug-likeness (QED) is 0.341. The van der Waals surface area contributed by atoms with Gasteiger partial charge in [-0.25, -0.2) is 0 Å². The second-order valence-corrected chi connectivity index (χ2v) is 7.59. The van der Waals surface area contributed by atoms with Crippen molar-refractivity contribution in [2.24, 2.45) is 0 Å². The van der Waals surface area contributed by atoms with Crippen molar-refractivity contribution < 1.29 is 4.74 Å². The van der Waals surface area contributed by atoms with Gasteiger partial charge in [0.1, 0.15) is 11.5 Å². The molecule has 0 bridgehead atoms. The summed E-state index contributed by atoms with van der Waals surface area (Å²) in [5, 5.41) is 0. The first-order valence-electron chi connectivity index (χ1n) is 4.75. The minimum absolute atomic E-state index is 0.756. The summed E-state index contributed by atoms with van der Waals surface area (Å²) in [6, 6.07) is 9.56. The maximum absolute atomic E-state index is 5.80. The van der Waals surface area contributed by atoms with Crippen LogP contribution in [0, 0.1) is 0 Å². The Balaban J connectivity index is 2.31. The molecule has 1 nitrogen and oxygen atoms in total. The largest absolute Gasteiger partial charge is 0.457 e. The van der Waals surface area contributed by atoms with E-state index < -0.39 is 0 Å². The lowest BCUT2D eigenvalue weighted by Gasteiger charge is -2.09. The van der Waals surface area contributed by atoms with Gasteiger partial charge in [0.25, 0.3) is 0 Å². The Hall–Kier alpha value is 0.640. The highest BCUT2D eigenvalue weighted by Crippen LogP contribution is 2.37. The van der Waals surface area contributed by atoms with Gasteiger partial charge in [-0.1, -0.05) is 0 Å². The fourth-order valence-electron chi connectivity index (χ4n) is 1.27. The van der Waals surface area contributed by atoms with Crippen molar-refractivity contribution >= 4 is 79.6 Å². The van der Waals surface area contributed by atoms with Gasteiger partial charge in [-0.05, 0) is 110 Å². The van der Waals surface area contributed by atoms with E-state index in [4.69, 9.17) is 4.74 Å². The highest BCUT2D eigenvalue weighted by molar-refractivity contribution is 9.14. The molecule has 6 heteroatoms. The summed E-state index contributed by atoms with van der Waals surface area (Å²) in [5.74, 6) is 1.53. The SMILES string of the molecule is Br[13c]1[13cH][13cH][13c](O[13c]2[13cH][13c](Br)[13c](Br)[13c](Br)[13cH]2)[13cH][13c]1Br. The Labute approximate surface area is 147 Å². The number of benzene rings is 2. The monoisotopic (exact) mass is 572 g/mol. The third-order valence-electron chi connectivity index (χ3n) is 2.08. The molecule has 0 radical (unpaired) electrons. The molecule has 0 N–H and O–H groups in total. The highest BCUT2D eigenvalue weighted by atomic mass is 79.9. The molecule has 0 fully saturated rings. The zero-order chi connectivity index (χ0) is 13.3. The first-order chi connectivity index (χ1) is 8.47. The lowest BCUT2D eigenvalue weighted by molar-refractivity contribution is 0.481. The molecule has 2 aromatic rings. The van der Waals surface area contributed by atoms with Crippen LogP contribution in [0.3, 0.4) is 0 Å². The molecular weight excluding hydrogens is 572 g/mol. The topological polar surface area (TPSA) is 9.23 Å². The van der Waals surface area contributed by atoms with Crippen molar-refractivity contribution in [3.05, 3.63) is 52.7 Å². The Kier molecular flexibility index (Phi) is 5.34. The summed E-state index contributed by atoms with van der Waals surface area (Å²) >= 11 is 17.3. The van der Waals surface area contributed by atoms with Crippen LogP contribution >= 0.6 is 79.6 Å². The molecule has 18 heavy (non-hydrogen) atoms. The van der Waals surface area contributed by atoms with E-state index in [1.54, 1.807) is 0 Å². The predicted molar refractivity (Wildman–Crippen MR) is 91.5 cm³/mol. The van der Waals surface area contributed by atoms with Crippen LogP contribution in [0.1, 0.15) is 0 Å². The first kappa shape index (κ1) is 15.0. The molecule has 2 rings (SSSR count). The van der Waals surface area contributed by atoms with Gasteiger partial charge in [0.15, 0.2) is 0 Å². The van der Waals surface area contributed by atoms with Crippen molar-refractivity contribution in [2.75, 3.05) is 0 Å². The van der Waals surface area contributed by atoms with Crippen LogP contribution in [0.2, 0.25) is 0 Å². The van der Waals surface area contributed by atoms with Crippen LogP contribution < -0.4 is 4.74 Å². The van der Waals surface area contributed by atoms with E-state index in [1.165, 1.54) is 0 Å². The van der Waals surface area contributed by atoms with E-state index in [0.29, 0.717) is 0 Å². The highest BCUT2D eigenvalue weighted by Gasteiger charge is 2.07. The second kappa shape index (κ2) is 6.39. The number of rotatable bonds is 2. The zero-order valence-electron chi connectivity index (χ0n) is 8.68. The van der Waals surface area contributed by atoms with Crippen LogP contribution in [0.5, 0.6) is 11.5 Å². The molecule has 0 spiro atoms. The lowest BCUT2D eigenvalue weighted by atomic mass is 11.3. The predicted octanol–water partition coefficient (Wildman–Crippen LogP) is 7.29. The van der Waals surface area contributed by atoms with Crippen molar-refractivity contribution in [3.63, 3.8) is 0 Å². The molecule has 0 heterocycles. The normalized spacial score (nSPS) is 10.5.